The maximum Gasteiger partial charge on any atom is 0.408 e. The number of fused-ring (bicyclic) bond motifs is 18. The SMILES string of the molecule is CC(C)[C@H](NC(=O)OCc1ccccc1)C(=O)N[C@@H](Cc1ccccc1)[C@@H](O)[C@H]1NCc2ccc(cc2)OCCOCCOCCNC(=O)[C@H](C(C)C)NC1=O. The molecule has 2 bridgehead atoms. The van der Waals surface area contributed by atoms with E-state index >= 15 is 0 Å². The van der Waals surface area contributed by atoms with Crippen molar-refractivity contribution in [3.63, 3.8) is 0 Å². The number of alkyl carbamates (subject to hydrolysis) is 1. The second kappa shape index (κ2) is 23.1. The summed E-state index contributed by atoms with van der Waals surface area (Å²) < 4.78 is 22.3. The first kappa shape index (κ1) is 43.7. The molecule has 0 saturated carbocycles. The molecule has 2 heterocycles. The molecule has 0 unspecified atom stereocenters. The average molecular weight is 776 g/mol. The van der Waals surface area contributed by atoms with Crippen molar-refractivity contribution >= 4 is 23.8 Å². The van der Waals surface area contributed by atoms with Crippen molar-refractivity contribution in [1.29, 1.82) is 0 Å². The molecule has 5 rings (SSSR count). The van der Waals surface area contributed by atoms with E-state index < -0.39 is 54.1 Å². The molecule has 6 N–H and O–H groups in total. The lowest BCUT2D eigenvalue weighted by molar-refractivity contribution is -0.134. The Balaban J connectivity index is 1.59. The number of rotatable bonds is 11. The van der Waals surface area contributed by atoms with Crippen LogP contribution in [0.15, 0.2) is 84.9 Å². The van der Waals surface area contributed by atoms with E-state index in [1.165, 1.54) is 0 Å². The van der Waals surface area contributed by atoms with Gasteiger partial charge < -0.3 is 45.3 Å². The van der Waals surface area contributed by atoms with Gasteiger partial charge in [0.15, 0.2) is 0 Å². The van der Waals surface area contributed by atoms with Gasteiger partial charge in [-0.15, -0.1) is 0 Å². The monoisotopic (exact) mass is 775 g/mol. The third-order valence-corrected chi connectivity index (χ3v) is 9.21. The average Bonchev–Trinajstić information content (AvgIpc) is 3.19. The molecule has 3 aromatic carbocycles. The highest BCUT2D eigenvalue weighted by atomic mass is 16.6. The first-order valence-electron chi connectivity index (χ1n) is 19.2. The van der Waals surface area contributed by atoms with Crippen LogP contribution in [0, 0.1) is 11.8 Å². The Hall–Kier alpha value is -5.02. The van der Waals surface area contributed by atoms with Crippen molar-refractivity contribution in [1.82, 2.24) is 26.6 Å². The number of carbonyl (C=O) groups excluding carboxylic acids is 4. The Bertz CT molecular complexity index is 1640. The second-order valence-electron chi connectivity index (χ2n) is 14.3. The molecule has 304 valence electrons. The first-order chi connectivity index (χ1) is 27.0. The summed E-state index contributed by atoms with van der Waals surface area (Å²) in [6.07, 6.45) is -2.14. The van der Waals surface area contributed by atoms with Crippen molar-refractivity contribution in [2.45, 2.75) is 77.5 Å². The van der Waals surface area contributed by atoms with Crippen LogP contribution < -0.4 is 31.3 Å². The van der Waals surface area contributed by atoms with Crippen LogP contribution in [-0.2, 0) is 48.2 Å². The minimum Gasteiger partial charge on any atom is -0.491 e. The predicted octanol–water partition coefficient (Wildman–Crippen LogP) is 2.87. The molecule has 3 aromatic rings. The van der Waals surface area contributed by atoms with Crippen molar-refractivity contribution in [3.8, 4) is 5.75 Å². The fourth-order valence-electron chi connectivity index (χ4n) is 6.03. The van der Waals surface area contributed by atoms with Gasteiger partial charge in [-0.25, -0.2) is 4.79 Å². The van der Waals surface area contributed by atoms with Gasteiger partial charge in [-0.05, 0) is 47.1 Å². The molecule has 0 aromatic heterocycles. The highest BCUT2D eigenvalue weighted by Gasteiger charge is 2.38. The number of amides is 4. The zero-order valence-corrected chi connectivity index (χ0v) is 32.7. The summed E-state index contributed by atoms with van der Waals surface area (Å²) in [7, 11) is 0. The molecule has 0 radical (unpaired) electrons. The maximum atomic E-state index is 14.2. The van der Waals surface area contributed by atoms with Crippen molar-refractivity contribution in [2.24, 2.45) is 11.8 Å². The van der Waals surface area contributed by atoms with Crippen LogP contribution in [0.25, 0.3) is 0 Å². The van der Waals surface area contributed by atoms with Crippen LogP contribution in [0.3, 0.4) is 0 Å². The van der Waals surface area contributed by atoms with Crippen LogP contribution in [0.2, 0.25) is 0 Å². The van der Waals surface area contributed by atoms with E-state index in [2.05, 4.69) is 26.6 Å². The molecule has 14 nitrogen and oxygen atoms in total. The third kappa shape index (κ3) is 14.6. The van der Waals surface area contributed by atoms with Gasteiger partial charge >= 0.3 is 6.09 Å². The fourth-order valence-corrected chi connectivity index (χ4v) is 6.03. The van der Waals surface area contributed by atoms with E-state index in [9.17, 15) is 24.3 Å². The largest absolute Gasteiger partial charge is 0.491 e. The van der Waals surface area contributed by atoms with Gasteiger partial charge in [0, 0.05) is 13.1 Å². The molecule has 0 spiro atoms. The molecule has 2 aliphatic heterocycles. The second-order valence-corrected chi connectivity index (χ2v) is 14.3. The molecular weight excluding hydrogens is 718 g/mol. The summed E-state index contributed by atoms with van der Waals surface area (Å²) >= 11 is 0. The van der Waals surface area contributed by atoms with Gasteiger partial charge in [0.1, 0.15) is 37.1 Å². The molecular formula is C42H57N5O9. The number of aliphatic hydroxyl groups is 1. The van der Waals surface area contributed by atoms with Gasteiger partial charge in [-0.1, -0.05) is 100 Å². The van der Waals surface area contributed by atoms with Crippen LogP contribution in [0.1, 0.15) is 44.4 Å². The highest BCUT2D eigenvalue weighted by Crippen LogP contribution is 2.16. The Morgan fingerprint density at radius 2 is 1.41 bits per heavy atom. The van der Waals surface area contributed by atoms with Gasteiger partial charge in [-0.2, -0.15) is 0 Å². The lowest BCUT2D eigenvalue weighted by Gasteiger charge is -2.33. The number of nitrogens with one attached hydrogen (secondary N) is 5. The molecule has 0 aliphatic carbocycles. The number of aliphatic hydroxyl groups excluding tert-OH is 1. The van der Waals surface area contributed by atoms with Crippen LogP contribution in [0.4, 0.5) is 4.79 Å². The quantitative estimate of drug-likeness (QED) is 0.158. The Labute approximate surface area is 329 Å². The van der Waals surface area contributed by atoms with Crippen molar-refractivity contribution in [3.05, 3.63) is 102 Å². The van der Waals surface area contributed by atoms with E-state index in [-0.39, 0.29) is 44.6 Å². The fraction of sp³-hybridized carbons (Fsp3) is 0.476. The minimum absolute atomic E-state index is 0.0186. The third-order valence-electron chi connectivity index (χ3n) is 9.21. The van der Waals surface area contributed by atoms with Crippen molar-refractivity contribution in [2.75, 3.05) is 39.6 Å². The zero-order chi connectivity index (χ0) is 40.3. The van der Waals surface area contributed by atoms with Crippen LogP contribution in [-0.4, -0.2) is 98.8 Å². The smallest absolute Gasteiger partial charge is 0.408 e. The molecule has 5 atom stereocenters. The van der Waals surface area contributed by atoms with E-state index in [1.54, 1.807) is 26.0 Å². The number of hydrogen-bond acceptors (Lipinski definition) is 10. The highest BCUT2D eigenvalue weighted by molar-refractivity contribution is 5.90. The summed E-state index contributed by atoms with van der Waals surface area (Å²) in [5.41, 5.74) is 2.37. The van der Waals surface area contributed by atoms with Gasteiger partial charge in [0.25, 0.3) is 0 Å². The topological polar surface area (TPSA) is 186 Å². The molecule has 0 fully saturated rings. The van der Waals surface area contributed by atoms with Crippen molar-refractivity contribution < 1.29 is 43.2 Å². The molecule has 14 heteroatoms. The standard InChI is InChI=1S/C42H57N5O9/c1-28(2)35-39(49)43-19-20-53-21-22-54-23-24-55-33-17-15-31(16-18-33)26-44-37(41(51)46-35)38(48)34(25-30-11-7-5-8-12-30)45-40(50)36(29(3)4)47-42(52)56-27-32-13-9-6-10-14-32/h5-18,28-29,34-38,44,48H,19-27H2,1-4H3,(H,43,49)(H,45,50)(H,46,51)(H,47,52)/t34-,35-,36-,37+,38+/m0/s1. The maximum absolute atomic E-state index is 14.2. The summed E-state index contributed by atoms with van der Waals surface area (Å²) in [6.45, 7) is 9.25. The Morgan fingerprint density at radius 1 is 0.786 bits per heavy atom. The zero-order valence-electron chi connectivity index (χ0n) is 32.7. The Kier molecular flexibility index (Phi) is 18.1. The summed E-state index contributed by atoms with van der Waals surface area (Å²) in [4.78, 5) is 54.5. The lowest BCUT2D eigenvalue weighted by Crippen LogP contribution is -2.63. The number of benzene rings is 3. The molecule has 4 amide bonds. The summed E-state index contributed by atoms with van der Waals surface area (Å²) in [5.74, 6) is -1.64. The normalized spacial score (nSPS) is 19.3. The van der Waals surface area contributed by atoms with Gasteiger partial charge in [0.2, 0.25) is 17.7 Å². The first-order valence-corrected chi connectivity index (χ1v) is 19.2. The van der Waals surface area contributed by atoms with Crippen LogP contribution in [0.5, 0.6) is 5.75 Å². The molecule has 2 aliphatic rings. The summed E-state index contributed by atoms with van der Waals surface area (Å²) in [6, 6.07) is 21.4. The number of carbonyl (C=O) groups is 4. The number of hydrogen-bond donors (Lipinski definition) is 6. The number of ether oxygens (including phenoxy) is 4. The van der Waals surface area contributed by atoms with Gasteiger partial charge in [0.05, 0.1) is 38.6 Å². The van der Waals surface area contributed by atoms with Crippen LogP contribution >= 0.6 is 0 Å². The van der Waals surface area contributed by atoms with E-state index in [1.807, 2.05) is 86.6 Å². The van der Waals surface area contributed by atoms with E-state index in [4.69, 9.17) is 18.9 Å². The van der Waals surface area contributed by atoms with E-state index in [0.717, 1.165) is 16.7 Å². The van der Waals surface area contributed by atoms with E-state index in [0.29, 0.717) is 32.2 Å². The van der Waals surface area contributed by atoms with Gasteiger partial charge in [-0.3, -0.25) is 19.7 Å². The molecule has 56 heavy (non-hydrogen) atoms. The lowest BCUT2D eigenvalue weighted by atomic mass is 9.93. The predicted molar refractivity (Wildman–Crippen MR) is 210 cm³/mol. The molecule has 0 saturated heterocycles. The summed E-state index contributed by atoms with van der Waals surface area (Å²) in [5, 5.41) is 26.6. The Morgan fingerprint density at radius 3 is 2.05 bits per heavy atom. The minimum atomic E-state index is -1.51.